The summed E-state index contributed by atoms with van der Waals surface area (Å²) in [6.07, 6.45) is 0. The Morgan fingerprint density at radius 3 is 1.50 bits per heavy atom. The zero-order valence-corrected chi connectivity index (χ0v) is 39.3. The van der Waals surface area contributed by atoms with Crippen LogP contribution < -0.4 is 0 Å². The standard InChI is InChI=1S/C44H31N.C11H10.C10H8.C2H6/c1-30-13-12-14-31(27-30)32-23-25-38-37-20-9-11-22-42(37)45(43(38)28-32)35-24-26-41-39(29-35)36-19-8-10-21-40(36)44(41,33-15-4-2-5-16-33)34-17-6-3-7-18-34;1-9-5-4-7-10-6-2-3-8-11(9)10;1-2-6-10-8-4-3-7-9(10)5-1;1-2/h2-29H,1H3;2-8H,1H3;1-8H;1-2H3. The number of fused-ring (bicyclic) bond motifs is 8. The smallest absolute Gasteiger partial charge is 0.0713 e. The van der Waals surface area contributed by atoms with Gasteiger partial charge in [0.05, 0.1) is 16.4 Å². The van der Waals surface area contributed by atoms with E-state index in [1.165, 1.54) is 105 Å². The van der Waals surface area contributed by atoms with Gasteiger partial charge in [0.25, 0.3) is 0 Å². The van der Waals surface area contributed by atoms with Crippen LogP contribution in [0.1, 0.15) is 47.2 Å². The third kappa shape index (κ3) is 7.97. The van der Waals surface area contributed by atoms with Gasteiger partial charge in [-0.15, -0.1) is 0 Å². The summed E-state index contributed by atoms with van der Waals surface area (Å²) < 4.78 is 2.46. The molecule has 0 N–H and O–H groups in total. The van der Waals surface area contributed by atoms with Crippen LogP contribution >= 0.6 is 0 Å². The molecule has 0 amide bonds. The van der Waals surface area contributed by atoms with Gasteiger partial charge in [-0.1, -0.05) is 256 Å². The quantitative estimate of drug-likeness (QED) is 0.166. The van der Waals surface area contributed by atoms with Crippen molar-refractivity contribution in [2.45, 2.75) is 33.1 Å². The molecule has 0 atom stereocenters. The molecule has 0 saturated carbocycles. The molecule has 0 saturated heterocycles. The minimum atomic E-state index is -0.397. The molecule has 12 aromatic rings. The second-order valence-corrected chi connectivity index (χ2v) is 17.4. The molecular weight excluding hydrogens is 819 g/mol. The molecule has 0 unspecified atom stereocenters. The molecule has 11 aromatic carbocycles. The Hall–Kier alpha value is -8.26. The van der Waals surface area contributed by atoms with E-state index < -0.39 is 5.41 Å². The second-order valence-electron chi connectivity index (χ2n) is 17.4. The van der Waals surface area contributed by atoms with Crippen LogP contribution in [0.2, 0.25) is 0 Å². The topological polar surface area (TPSA) is 4.93 Å². The van der Waals surface area contributed by atoms with Crippen molar-refractivity contribution in [3.63, 3.8) is 0 Å². The second kappa shape index (κ2) is 19.3. The van der Waals surface area contributed by atoms with Gasteiger partial charge in [0.15, 0.2) is 0 Å². The van der Waals surface area contributed by atoms with E-state index in [1.807, 2.05) is 13.8 Å². The summed E-state index contributed by atoms with van der Waals surface area (Å²) in [5.74, 6) is 0. The van der Waals surface area contributed by atoms with Crippen molar-refractivity contribution in [2.75, 3.05) is 0 Å². The van der Waals surface area contributed by atoms with Gasteiger partial charge in [-0.2, -0.15) is 0 Å². The van der Waals surface area contributed by atoms with Crippen molar-refractivity contribution >= 4 is 43.4 Å². The Morgan fingerprint density at radius 2 is 0.838 bits per heavy atom. The van der Waals surface area contributed by atoms with Crippen molar-refractivity contribution in [3.8, 4) is 27.9 Å². The zero-order valence-electron chi connectivity index (χ0n) is 39.3. The van der Waals surface area contributed by atoms with Crippen LogP contribution in [0.25, 0.3) is 71.3 Å². The first-order valence-electron chi connectivity index (χ1n) is 23.9. The van der Waals surface area contributed by atoms with Gasteiger partial charge >= 0.3 is 0 Å². The molecule has 0 radical (unpaired) electrons. The van der Waals surface area contributed by atoms with Crippen molar-refractivity contribution in [3.05, 3.63) is 294 Å². The zero-order chi connectivity index (χ0) is 46.5. The van der Waals surface area contributed by atoms with Gasteiger partial charge in [-0.05, 0) is 110 Å². The minimum absolute atomic E-state index is 0.397. The summed E-state index contributed by atoms with van der Waals surface area (Å²) >= 11 is 0. The Bertz CT molecular complexity index is 3560. The van der Waals surface area contributed by atoms with Gasteiger partial charge in [-0.25, -0.2) is 0 Å². The summed E-state index contributed by atoms with van der Waals surface area (Å²) in [6, 6.07) is 94.2. The van der Waals surface area contributed by atoms with Crippen LogP contribution in [0.4, 0.5) is 0 Å². The summed E-state index contributed by atoms with van der Waals surface area (Å²) in [7, 11) is 0. The number of para-hydroxylation sites is 1. The number of rotatable bonds is 4. The molecule has 1 aliphatic rings. The molecule has 68 heavy (non-hydrogen) atoms. The van der Waals surface area contributed by atoms with Gasteiger partial charge in [0, 0.05) is 16.5 Å². The van der Waals surface area contributed by atoms with Gasteiger partial charge in [0.1, 0.15) is 0 Å². The van der Waals surface area contributed by atoms with Crippen molar-refractivity contribution in [1.29, 1.82) is 0 Å². The van der Waals surface area contributed by atoms with Gasteiger partial charge in [-0.3, -0.25) is 0 Å². The number of nitrogens with zero attached hydrogens (tertiary/aromatic N) is 1. The Kier molecular flexibility index (Phi) is 12.4. The van der Waals surface area contributed by atoms with E-state index in [-0.39, 0.29) is 0 Å². The molecule has 0 bridgehead atoms. The minimum Gasteiger partial charge on any atom is -0.309 e. The maximum Gasteiger partial charge on any atom is 0.0713 e. The molecule has 1 aromatic heterocycles. The van der Waals surface area contributed by atoms with E-state index in [0.29, 0.717) is 0 Å². The maximum atomic E-state index is 2.46. The number of benzene rings is 11. The van der Waals surface area contributed by atoms with Crippen LogP contribution in [-0.4, -0.2) is 4.57 Å². The predicted molar refractivity (Wildman–Crippen MR) is 292 cm³/mol. The lowest BCUT2D eigenvalue weighted by atomic mass is 9.68. The Labute approximate surface area is 401 Å². The summed E-state index contributed by atoms with van der Waals surface area (Å²) in [6.45, 7) is 8.30. The van der Waals surface area contributed by atoms with Crippen LogP contribution in [-0.2, 0) is 5.41 Å². The van der Waals surface area contributed by atoms with E-state index in [1.54, 1.807) is 0 Å². The fraction of sp³-hybridized carbons (Fsp3) is 0.0746. The normalized spacial score (nSPS) is 11.9. The van der Waals surface area contributed by atoms with Gasteiger partial charge in [0.2, 0.25) is 0 Å². The van der Waals surface area contributed by atoms with Gasteiger partial charge < -0.3 is 4.57 Å². The first-order chi connectivity index (χ1) is 33.6. The average molecular weight is 874 g/mol. The Morgan fingerprint density at radius 1 is 0.324 bits per heavy atom. The first kappa shape index (κ1) is 43.6. The van der Waals surface area contributed by atoms with E-state index in [4.69, 9.17) is 0 Å². The lowest BCUT2D eigenvalue weighted by Crippen LogP contribution is -2.28. The van der Waals surface area contributed by atoms with Crippen molar-refractivity contribution in [2.24, 2.45) is 0 Å². The maximum absolute atomic E-state index is 2.46. The average Bonchev–Trinajstić information content (AvgIpc) is 3.90. The van der Waals surface area contributed by atoms with E-state index in [9.17, 15) is 0 Å². The molecule has 0 fully saturated rings. The highest BCUT2D eigenvalue weighted by atomic mass is 15.0. The largest absolute Gasteiger partial charge is 0.309 e. The van der Waals surface area contributed by atoms with Crippen LogP contribution in [0.3, 0.4) is 0 Å². The molecule has 0 aliphatic heterocycles. The fourth-order valence-corrected chi connectivity index (χ4v) is 10.3. The molecule has 328 valence electrons. The number of aryl methyl sites for hydroxylation is 2. The predicted octanol–water partition coefficient (Wildman–Crippen LogP) is 18.1. The highest BCUT2D eigenvalue weighted by Gasteiger charge is 2.46. The van der Waals surface area contributed by atoms with E-state index in [2.05, 4.69) is 279 Å². The molecule has 1 nitrogen and oxygen atoms in total. The third-order valence-corrected chi connectivity index (χ3v) is 13.4. The van der Waals surface area contributed by atoms with E-state index >= 15 is 0 Å². The van der Waals surface area contributed by atoms with Crippen molar-refractivity contribution < 1.29 is 0 Å². The lowest BCUT2D eigenvalue weighted by molar-refractivity contribution is 0.768. The summed E-state index contributed by atoms with van der Waals surface area (Å²) in [5, 5.41) is 7.84. The van der Waals surface area contributed by atoms with Crippen molar-refractivity contribution in [1.82, 2.24) is 4.57 Å². The number of hydrogen-bond donors (Lipinski definition) is 0. The molecule has 1 heteroatoms. The SMILES string of the molecule is CC.Cc1cccc(-c2ccc3c4ccccc4n(-c4ccc5c(c4)-c4ccccc4C5(c4ccccc4)c4ccccc4)c3c2)c1.Cc1cccc2ccccc12.c1ccc2ccccc2c1. The van der Waals surface area contributed by atoms with Crippen LogP contribution in [0.5, 0.6) is 0 Å². The Balaban J connectivity index is 0.000000190. The molecule has 13 rings (SSSR count). The molecular formula is C67H55N. The monoisotopic (exact) mass is 873 g/mol. The lowest BCUT2D eigenvalue weighted by Gasteiger charge is -2.33. The highest BCUT2D eigenvalue weighted by molar-refractivity contribution is 6.10. The molecule has 1 aliphatic carbocycles. The molecule has 1 heterocycles. The summed E-state index contributed by atoms with van der Waals surface area (Å²) in [4.78, 5) is 0. The number of hydrogen-bond acceptors (Lipinski definition) is 0. The van der Waals surface area contributed by atoms with Crippen LogP contribution in [0, 0.1) is 13.8 Å². The third-order valence-electron chi connectivity index (χ3n) is 13.4. The first-order valence-corrected chi connectivity index (χ1v) is 23.9. The summed E-state index contributed by atoms with van der Waals surface area (Å²) in [5.41, 5.74) is 16.1. The number of aromatic nitrogens is 1. The fourth-order valence-electron chi connectivity index (χ4n) is 10.3. The van der Waals surface area contributed by atoms with Crippen LogP contribution in [0.15, 0.2) is 261 Å². The molecule has 0 spiro atoms. The van der Waals surface area contributed by atoms with E-state index in [0.717, 1.165) is 0 Å². The highest BCUT2D eigenvalue weighted by Crippen LogP contribution is 2.56.